The van der Waals surface area contributed by atoms with Crippen LogP contribution in [0.15, 0.2) is 22.7 Å². The Kier molecular flexibility index (Phi) is 3.52. The van der Waals surface area contributed by atoms with Gasteiger partial charge in [-0.05, 0) is 31.0 Å². The van der Waals surface area contributed by atoms with Gasteiger partial charge in [-0.1, -0.05) is 15.9 Å². The minimum atomic E-state index is -0.410. The lowest BCUT2D eigenvalue weighted by molar-refractivity contribution is 0.0940. The van der Waals surface area contributed by atoms with E-state index in [0.29, 0.717) is 11.5 Å². The van der Waals surface area contributed by atoms with Gasteiger partial charge in [-0.2, -0.15) is 0 Å². The number of carbonyl (C=O) groups is 1. The molecule has 0 bridgehead atoms. The molecule has 0 unspecified atom stereocenters. The van der Waals surface area contributed by atoms with Crippen molar-refractivity contribution in [3.63, 3.8) is 0 Å². The minimum Gasteiger partial charge on any atom is -0.345 e. The third-order valence-electron chi connectivity index (χ3n) is 3.12. The van der Waals surface area contributed by atoms with Crippen molar-refractivity contribution in [3.05, 3.63) is 45.7 Å². The van der Waals surface area contributed by atoms with Gasteiger partial charge in [-0.25, -0.2) is 9.37 Å². The Hall–Kier alpha value is -1.76. The van der Waals surface area contributed by atoms with E-state index < -0.39 is 5.91 Å². The Morgan fingerprint density at radius 2 is 2.30 bits per heavy atom. The zero-order chi connectivity index (χ0) is 14.1. The monoisotopic (exact) mass is 338 g/mol. The summed E-state index contributed by atoms with van der Waals surface area (Å²) in [6.07, 6.45) is 2.17. The van der Waals surface area contributed by atoms with Crippen LogP contribution in [0, 0.1) is 5.82 Å². The van der Waals surface area contributed by atoms with Gasteiger partial charge >= 0.3 is 0 Å². The number of hydrogen-bond acceptors (Lipinski definition) is 3. The first-order chi connectivity index (χ1) is 9.63. The second kappa shape index (κ2) is 5.32. The number of rotatable bonds is 4. The van der Waals surface area contributed by atoms with Crippen LogP contribution in [0.3, 0.4) is 0 Å². The van der Waals surface area contributed by atoms with Gasteiger partial charge in [0.15, 0.2) is 0 Å². The van der Waals surface area contributed by atoms with Crippen LogP contribution in [0.5, 0.6) is 0 Å². The molecule has 0 spiro atoms. The van der Waals surface area contributed by atoms with Crippen LogP contribution in [-0.4, -0.2) is 21.1 Å². The van der Waals surface area contributed by atoms with Crippen LogP contribution >= 0.6 is 15.9 Å². The van der Waals surface area contributed by atoms with Gasteiger partial charge in [-0.15, -0.1) is 5.10 Å². The van der Waals surface area contributed by atoms with E-state index in [1.807, 2.05) is 0 Å². The normalized spacial score (nSPS) is 14.3. The Morgan fingerprint density at radius 1 is 1.50 bits per heavy atom. The molecule has 0 radical (unpaired) electrons. The van der Waals surface area contributed by atoms with Crippen molar-refractivity contribution in [2.45, 2.75) is 25.3 Å². The Labute approximate surface area is 123 Å². The molecule has 1 saturated carbocycles. The zero-order valence-corrected chi connectivity index (χ0v) is 12.1. The number of halogens is 2. The molecule has 3 rings (SSSR count). The Balaban J connectivity index is 1.64. The van der Waals surface area contributed by atoms with E-state index >= 15 is 0 Å². The van der Waals surface area contributed by atoms with Gasteiger partial charge < -0.3 is 5.32 Å². The van der Waals surface area contributed by atoms with Crippen molar-refractivity contribution < 1.29 is 9.18 Å². The number of nitrogens with one attached hydrogen (secondary N) is 2. The average Bonchev–Trinajstić information content (AvgIpc) is 3.17. The lowest BCUT2D eigenvalue weighted by atomic mass is 10.2. The van der Waals surface area contributed by atoms with Crippen molar-refractivity contribution in [2.24, 2.45) is 0 Å². The number of nitrogens with zero attached hydrogens (tertiary/aromatic N) is 2. The van der Waals surface area contributed by atoms with E-state index in [4.69, 9.17) is 0 Å². The molecule has 1 amide bonds. The van der Waals surface area contributed by atoms with Crippen molar-refractivity contribution >= 4 is 21.8 Å². The molecule has 1 fully saturated rings. The van der Waals surface area contributed by atoms with E-state index in [9.17, 15) is 9.18 Å². The fourth-order valence-electron chi connectivity index (χ4n) is 1.85. The van der Waals surface area contributed by atoms with Gasteiger partial charge in [-0.3, -0.25) is 9.89 Å². The molecule has 20 heavy (non-hydrogen) atoms. The summed E-state index contributed by atoms with van der Waals surface area (Å²) in [7, 11) is 0. The van der Waals surface area contributed by atoms with Crippen molar-refractivity contribution in [1.82, 2.24) is 20.5 Å². The first-order valence-electron chi connectivity index (χ1n) is 6.28. The molecule has 1 aromatic carbocycles. The summed E-state index contributed by atoms with van der Waals surface area (Å²) >= 11 is 3.27. The third kappa shape index (κ3) is 2.87. The smallest absolute Gasteiger partial charge is 0.291 e. The third-order valence-corrected chi connectivity index (χ3v) is 3.61. The number of benzene rings is 1. The van der Waals surface area contributed by atoms with Crippen LogP contribution in [0.4, 0.5) is 4.39 Å². The minimum absolute atomic E-state index is 0.0947. The molecule has 1 heterocycles. The summed E-state index contributed by atoms with van der Waals surface area (Å²) in [5.41, 5.74) is 0.408. The molecule has 1 aliphatic carbocycles. The maximum atomic E-state index is 13.5. The highest BCUT2D eigenvalue weighted by molar-refractivity contribution is 9.10. The van der Waals surface area contributed by atoms with Gasteiger partial charge in [0.25, 0.3) is 5.91 Å². The summed E-state index contributed by atoms with van der Waals surface area (Å²) in [5.74, 6) is 0.493. The van der Waals surface area contributed by atoms with Crippen LogP contribution in [0.2, 0.25) is 0 Å². The quantitative estimate of drug-likeness (QED) is 0.899. The topological polar surface area (TPSA) is 70.7 Å². The van der Waals surface area contributed by atoms with Gasteiger partial charge in [0.1, 0.15) is 11.6 Å². The van der Waals surface area contributed by atoms with Crippen molar-refractivity contribution in [2.75, 3.05) is 0 Å². The molecular weight excluding hydrogens is 327 g/mol. The molecule has 1 aliphatic rings. The number of amides is 1. The van der Waals surface area contributed by atoms with E-state index in [1.54, 1.807) is 12.1 Å². The molecule has 0 aliphatic heterocycles. The molecule has 7 heteroatoms. The standard InChI is InChI=1S/C13H12BrFN4O/c14-9-3-4-10(15)8(5-9)6-16-13(20)12-17-11(18-19-12)7-1-2-7/h3-5,7H,1-2,6H2,(H,16,20)(H,17,18,19). The fraction of sp³-hybridized carbons (Fsp3) is 0.308. The molecule has 104 valence electrons. The summed E-state index contributed by atoms with van der Waals surface area (Å²) in [6, 6.07) is 4.59. The number of H-pyrrole nitrogens is 1. The summed E-state index contributed by atoms with van der Waals surface area (Å²) in [6.45, 7) is 0.0947. The van der Waals surface area contributed by atoms with Gasteiger partial charge in [0.2, 0.25) is 5.82 Å². The number of carbonyl (C=O) groups excluding carboxylic acids is 1. The summed E-state index contributed by atoms with van der Waals surface area (Å²) < 4.78 is 14.3. The zero-order valence-electron chi connectivity index (χ0n) is 10.5. The Bertz CT molecular complexity index is 654. The highest BCUT2D eigenvalue weighted by Gasteiger charge is 2.28. The van der Waals surface area contributed by atoms with Crippen LogP contribution in [-0.2, 0) is 6.54 Å². The van der Waals surface area contributed by atoms with Crippen molar-refractivity contribution in [1.29, 1.82) is 0 Å². The second-order valence-electron chi connectivity index (χ2n) is 4.74. The maximum absolute atomic E-state index is 13.5. The second-order valence-corrected chi connectivity index (χ2v) is 5.65. The fourth-order valence-corrected chi connectivity index (χ4v) is 2.26. The highest BCUT2D eigenvalue weighted by atomic mass is 79.9. The van der Waals surface area contributed by atoms with Crippen molar-refractivity contribution in [3.8, 4) is 0 Å². The molecule has 0 atom stereocenters. The molecule has 2 aromatic rings. The number of hydrogen-bond donors (Lipinski definition) is 2. The Morgan fingerprint density at radius 3 is 3.05 bits per heavy atom. The predicted molar refractivity (Wildman–Crippen MR) is 73.6 cm³/mol. The summed E-state index contributed by atoms with van der Waals surface area (Å²) in [5, 5.41) is 9.25. The van der Waals surface area contributed by atoms with E-state index in [0.717, 1.165) is 23.1 Å². The van der Waals surface area contributed by atoms with Crippen LogP contribution in [0.25, 0.3) is 0 Å². The van der Waals surface area contributed by atoms with Crippen LogP contribution in [0.1, 0.15) is 40.8 Å². The number of aromatic amines is 1. The first-order valence-corrected chi connectivity index (χ1v) is 7.07. The molecule has 2 N–H and O–H groups in total. The lowest BCUT2D eigenvalue weighted by Crippen LogP contribution is -2.24. The van der Waals surface area contributed by atoms with E-state index in [2.05, 4.69) is 36.4 Å². The maximum Gasteiger partial charge on any atom is 0.291 e. The highest BCUT2D eigenvalue weighted by Crippen LogP contribution is 2.37. The lowest BCUT2D eigenvalue weighted by Gasteiger charge is -2.04. The number of aromatic nitrogens is 3. The molecule has 0 saturated heterocycles. The molecule has 1 aromatic heterocycles. The van der Waals surface area contributed by atoms with Gasteiger partial charge in [0.05, 0.1) is 0 Å². The van der Waals surface area contributed by atoms with Gasteiger partial charge in [0, 0.05) is 22.5 Å². The largest absolute Gasteiger partial charge is 0.345 e. The SMILES string of the molecule is O=C(NCc1cc(Br)ccc1F)c1n[nH]c(C2CC2)n1. The molecule has 5 nitrogen and oxygen atoms in total. The summed E-state index contributed by atoms with van der Waals surface area (Å²) in [4.78, 5) is 16.0. The van der Waals surface area contributed by atoms with E-state index in [-0.39, 0.29) is 18.2 Å². The average molecular weight is 339 g/mol. The van der Waals surface area contributed by atoms with E-state index in [1.165, 1.54) is 6.07 Å². The first kappa shape index (κ1) is 13.2. The molecular formula is C13H12BrFN4O. The predicted octanol–water partition coefficient (Wildman–Crippen LogP) is 2.51. The van der Waals surface area contributed by atoms with Crippen LogP contribution < -0.4 is 5.32 Å².